The molecule has 0 aromatic heterocycles. The van der Waals surface area contributed by atoms with Gasteiger partial charge in [-0.15, -0.1) is 24.9 Å². The highest BCUT2D eigenvalue weighted by atomic mass is 32.2. The van der Waals surface area contributed by atoms with Crippen LogP contribution in [-0.4, -0.2) is 69.6 Å². The molecule has 1 spiro atoms. The Balaban J connectivity index is 1.52. The zero-order valence-corrected chi connectivity index (χ0v) is 24.6. The van der Waals surface area contributed by atoms with Gasteiger partial charge >= 0.3 is 5.97 Å². The molecule has 2 amide bonds. The summed E-state index contributed by atoms with van der Waals surface area (Å²) in [5, 5.41) is 11.5. The second-order valence-corrected chi connectivity index (χ2v) is 13.5. The summed E-state index contributed by atoms with van der Waals surface area (Å²) in [5.41, 5.74) is 0.748. The molecule has 218 valence electrons. The number of likely N-dealkylation sites (tertiary alicyclic amines) is 1. The van der Waals surface area contributed by atoms with Gasteiger partial charge in [-0.2, -0.15) is 0 Å². The number of hydrogen-bond donors (Lipinski definition) is 1. The zero-order valence-electron chi connectivity index (χ0n) is 23.8. The minimum Gasteiger partial charge on any atom is -0.465 e. The van der Waals surface area contributed by atoms with Crippen molar-refractivity contribution < 1.29 is 24.2 Å². The number of aliphatic hydroxyl groups is 1. The SMILES string of the molecule is C=CCCCOC(=O)[C@H]1[C@H]2C(=O)N(CCCCO)C(C(=O)N(CC=C)c3ccc4ccccc4c3)C23CC[C@]1(C)S3. The summed E-state index contributed by atoms with van der Waals surface area (Å²) in [6, 6.07) is 13.2. The van der Waals surface area contributed by atoms with Gasteiger partial charge in [0.05, 0.1) is 23.2 Å². The van der Waals surface area contributed by atoms with Gasteiger partial charge < -0.3 is 19.6 Å². The first kappa shape index (κ1) is 29.4. The summed E-state index contributed by atoms with van der Waals surface area (Å²) in [5.74, 6) is -1.88. The number of thioether (sulfide) groups is 1. The molecule has 5 rings (SSSR count). The van der Waals surface area contributed by atoms with E-state index in [0.717, 1.165) is 29.3 Å². The van der Waals surface area contributed by atoms with Crippen molar-refractivity contribution in [1.29, 1.82) is 0 Å². The molecule has 0 aliphatic carbocycles. The van der Waals surface area contributed by atoms with E-state index in [1.54, 1.807) is 33.7 Å². The van der Waals surface area contributed by atoms with Crippen LogP contribution in [-0.2, 0) is 19.1 Å². The molecular weight excluding hydrogens is 536 g/mol. The van der Waals surface area contributed by atoms with Gasteiger partial charge in [0.2, 0.25) is 5.91 Å². The Morgan fingerprint density at radius 3 is 2.63 bits per heavy atom. The number of rotatable bonds is 13. The number of nitrogens with zero attached hydrogens (tertiary/aromatic N) is 2. The van der Waals surface area contributed by atoms with E-state index >= 15 is 0 Å². The first-order valence-electron chi connectivity index (χ1n) is 14.6. The van der Waals surface area contributed by atoms with Crippen molar-refractivity contribution in [2.75, 3.05) is 31.2 Å². The minimum atomic E-state index is -0.726. The number of amides is 2. The Kier molecular flexibility index (Phi) is 8.62. The number of anilines is 1. The molecule has 7 nitrogen and oxygen atoms in total. The summed E-state index contributed by atoms with van der Waals surface area (Å²) in [6.07, 6.45) is 7.46. The second-order valence-electron chi connectivity index (χ2n) is 11.6. The third kappa shape index (κ3) is 5.10. The maximum Gasteiger partial charge on any atom is 0.311 e. The van der Waals surface area contributed by atoms with E-state index < -0.39 is 27.4 Å². The molecule has 8 heteroatoms. The van der Waals surface area contributed by atoms with E-state index in [9.17, 15) is 19.5 Å². The summed E-state index contributed by atoms with van der Waals surface area (Å²) in [7, 11) is 0. The number of unbranched alkanes of at least 4 members (excludes halogenated alkanes) is 2. The van der Waals surface area contributed by atoms with Crippen molar-refractivity contribution >= 4 is 46.0 Å². The van der Waals surface area contributed by atoms with E-state index in [0.29, 0.717) is 38.8 Å². The first-order valence-corrected chi connectivity index (χ1v) is 15.4. The maximum atomic E-state index is 14.7. The number of ether oxygens (including phenoxy) is 1. The molecule has 2 aromatic rings. The number of carbonyl (C=O) groups is 3. The fourth-order valence-electron chi connectivity index (χ4n) is 7.13. The number of allylic oxidation sites excluding steroid dienone is 1. The van der Waals surface area contributed by atoms with Gasteiger partial charge in [0.15, 0.2) is 0 Å². The monoisotopic (exact) mass is 576 g/mol. The molecule has 5 atom stereocenters. The largest absolute Gasteiger partial charge is 0.465 e. The van der Waals surface area contributed by atoms with E-state index in [2.05, 4.69) is 20.1 Å². The van der Waals surface area contributed by atoms with E-state index in [1.165, 1.54) is 0 Å². The van der Waals surface area contributed by atoms with Crippen LogP contribution in [0.15, 0.2) is 67.8 Å². The highest BCUT2D eigenvalue weighted by Gasteiger charge is 2.77. The van der Waals surface area contributed by atoms with Gasteiger partial charge in [0, 0.05) is 30.1 Å². The number of fused-ring (bicyclic) bond motifs is 2. The van der Waals surface area contributed by atoms with Crippen LogP contribution in [0.2, 0.25) is 0 Å². The van der Waals surface area contributed by atoms with Crippen LogP contribution >= 0.6 is 11.8 Å². The molecule has 0 saturated carbocycles. The lowest BCUT2D eigenvalue weighted by molar-refractivity contribution is -0.155. The normalized spacial score (nSPS) is 28.1. The van der Waals surface area contributed by atoms with Gasteiger partial charge in [0.1, 0.15) is 6.04 Å². The summed E-state index contributed by atoms with van der Waals surface area (Å²) in [4.78, 5) is 45.9. The van der Waals surface area contributed by atoms with Crippen molar-refractivity contribution in [3.63, 3.8) is 0 Å². The topological polar surface area (TPSA) is 87.1 Å². The first-order chi connectivity index (χ1) is 19.8. The van der Waals surface area contributed by atoms with Gasteiger partial charge in [-0.3, -0.25) is 14.4 Å². The van der Waals surface area contributed by atoms with Crippen LogP contribution in [0.1, 0.15) is 45.4 Å². The third-order valence-electron chi connectivity index (χ3n) is 8.99. The summed E-state index contributed by atoms with van der Waals surface area (Å²) in [6.45, 7) is 10.6. The Bertz CT molecular complexity index is 1350. The molecule has 3 aliphatic heterocycles. The van der Waals surface area contributed by atoms with E-state index in [4.69, 9.17) is 4.74 Å². The van der Waals surface area contributed by atoms with Crippen LogP contribution < -0.4 is 4.90 Å². The van der Waals surface area contributed by atoms with Crippen LogP contribution in [0.3, 0.4) is 0 Å². The molecule has 1 N–H and O–H groups in total. The number of carbonyl (C=O) groups excluding carboxylic acids is 3. The lowest BCUT2D eigenvalue weighted by Crippen LogP contribution is -2.55. The predicted octanol–water partition coefficient (Wildman–Crippen LogP) is 5.12. The fourth-order valence-corrected chi connectivity index (χ4v) is 9.47. The molecule has 41 heavy (non-hydrogen) atoms. The van der Waals surface area contributed by atoms with E-state index in [-0.39, 0.29) is 31.0 Å². The number of hydrogen-bond acceptors (Lipinski definition) is 6. The Labute approximate surface area is 246 Å². The minimum absolute atomic E-state index is 0.0153. The van der Waals surface area contributed by atoms with Gasteiger partial charge in [-0.1, -0.05) is 42.5 Å². The number of esters is 1. The van der Waals surface area contributed by atoms with Gasteiger partial charge in [-0.05, 0) is 68.4 Å². The lowest BCUT2D eigenvalue weighted by Gasteiger charge is -2.37. The maximum absolute atomic E-state index is 14.7. The second kappa shape index (κ2) is 12.0. The van der Waals surface area contributed by atoms with Gasteiger partial charge in [-0.25, -0.2) is 0 Å². The average Bonchev–Trinajstić information content (AvgIpc) is 3.54. The average molecular weight is 577 g/mol. The van der Waals surface area contributed by atoms with Crippen molar-refractivity contribution in [3.8, 4) is 0 Å². The van der Waals surface area contributed by atoms with Crippen molar-refractivity contribution in [2.45, 2.75) is 61.0 Å². The van der Waals surface area contributed by atoms with Crippen molar-refractivity contribution in [3.05, 3.63) is 67.8 Å². The van der Waals surface area contributed by atoms with Crippen LogP contribution in [0.25, 0.3) is 10.8 Å². The molecule has 3 saturated heterocycles. The molecular formula is C33H40N2O5S. The molecule has 3 aliphatic rings. The van der Waals surface area contributed by atoms with Crippen LogP contribution in [0.4, 0.5) is 5.69 Å². The molecule has 2 bridgehead atoms. The highest BCUT2D eigenvalue weighted by molar-refractivity contribution is 8.02. The standard InChI is InChI=1S/C33H40N2O5S/c1-4-6-11-21-40-31(39)27-26-29(37)35(19-9-10-20-36)28(33(26)17-16-32(27,3)41-33)30(38)34(18-5-2)25-15-14-23-12-7-8-13-24(23)22-25/h4-5,7-8,12-15,22,26-28,36H,1-2,6,9-11,16-21H2,3H3/t26-,27+,28?,32-,33?/m0/s1. The number of aliphatic hydroxyl groups excluding tert-OH is 1. The Morgan fingerprint density at radius 1 is 1.12 bits per heavy atom. The lowest BCUT2D eigenvalue weighted by atomic mass is 9.66. The molecule has 2 unspecified atom stereocenters. The van der Waals surface area contributed by atoms with E-state index in [1.807, 2.05) is 42.5 Å². The smallest absolute Gasteiger partial charge is 0.311 e. The summed E-state index contributed by atoms with van der Waals surface area (Å²) >= 11 is 1.65. The third-order valence-corrected chi connectivity index (χ3v) is 11.0. The predicted molar refractivity (Wildman–Crippen MR) is 164 cm³/mol. The molecule has 3 fully saturated rings. The Hall–Kier alpha value is -3.10. The quantitative estimate of drug-likeness (QED) is 0.202. The molecule has 0 radical (unpaired) electrons. The van der Waals surface area contributed by atoms with Crippen molar-refractivity contribution in [1.82, 2.24) is 4.90 Å². The Morgan fingerprint density at radius 2 is 1.90 bits per heavy atom. The van der Waals surface area contributed by atoms with Crippen LogP contribution in [0, 0.1) is 11.8 Å². The fraction of sp³-hybridized carbons (Fsp3) is 0.485. The zero-order chi connectivity index (χ0) is 29.2. The highest BCUT2D eigenvalue weighted by Crippen LogP contribution is 2.71. The summed E-state index contributed by atoms with van der Waals surface area (Å²) < 4.78 is 4.52. The molecule has 2 aromatic carbocycles. The van der Waals surface area contributed by atoms with Gasteiger partial charge in [0.25, 0.3) is 5.91 Å². The van der Waals surface area contributed by atoms with Crippen molar-refractivity contribution in [2.24, 2.45) is 11.8 Å². The molecule has 3 heterocycles. The van der Waals surface area contributed by atoms with Crippen LogP contribution in [0.5, 0.6) is 0 Å². The number of benzene rings is 2.